The third-order valence-electron chi connectivity index (χ3n) is 5.08. The van der Waals surface area contributed by atoms with Gasteiger partial charge in [-0.1, -0.05) is 27.7 Å². The number of likely N-dealkylation sites (tertiary alicyclic amines) is 1. The SMILES string of the molecule is CC(C)CN(CC(C)C)C(=O)CN1C[C@@H]2CCOC[C@]2(CO)C1.O=CO. The summed E-state index contributed by atoms with van der Waals surface area (Å²) < 4.78 is 5.60. The third-order valence-corrected chi connectivity index (χ3v) is 5.08. The second kappa shape index (κ2) is 10.8. The van der Waals surface area contributed by atoms with Crippen LogP contribution in [0.5, 0.6) is 0 Å². The Morgan fingerprint density at radius 1 is 1.31 bits per heavy atom. The zero-order chi connectivity index (χ0) is 19.7. The zero-order valence-corrected chi connectivity index (χ0v) is 16.7. The number of ether oxygens (including phenoxy) is 1. The zero-order valence-electron chi connectivity index (χ0n) is 16.7. The average Bonchev–Trinajstić information content (AvgIpc) is 2.92. The molecule has 7 heteroatoms. The number of aliphatic hydroxyl groups excluding tert-OH is 1. The smallest absolute Gasteiger partial charge is 0.290 e. The van der Waals surface area contributed by atoms with E-state index in [9.17, 15) is 9.90 Å². The van der Waals surface area contributed by atoms with Crippen molar-refractivity contribution in [2.45, 2.75) is 34.1 Å². The molecule has 7 nitrogen and oxygen atoms in total. The highest BCUT2D eigenvalue weighted by Gasteiger charge is 2.48. The van der Waals surface area contributed by atoms with Gasteiger partial charge in [-0.15, -0.1) is 0 Å². The Kier molecular flexibility index (Phi) is 9.54. The second-order valence-corrected chi connectivity index (χ2v) is 8.42. The van der Waals surface area contributed by atoms with Crippen molar-refractivity contribution < 1.29 is 24.5 Å². The highest BCUT2D eigenvalue weighted by molar-refractivity contribution is 5.78. The van der Waals surface area contributed by atoms with Crippen LogP contribution in [0, 0.1) is 23.2 Å². The minimum atomic E-state index is -0.250. The fourth-order valence-corrected chi connectivity index (χ4v) is 4.00. The molecule has 0 aliphatic carbocycles. The van der Waals surface area contributed by atoms with Crippen molar-refractivity contribution in [2.24, 2.45) is 23.2 Å². The molecule has 2 saturated heterocycles. The monoisotopic (exact) mass is 372 g/mol. The molecule has 152 valence electrons. The third kappa shape index (κ3) is 6.52. The molecule has 0 radical (unpaired) electrons. The molecule has 2 atom stereocenters. The summed E-state index contributed by atoms with van der Waals surface area (Å²) in [5.41, 5.74) is -0.153. The van der Waals surface area contributed by atoms with Crippen molar-refractivity contribution in [2.75, 3.05) is 52.5 Å². The van der Waals surface area contributed by atoms with Crippen molar-refractivity contribution in [1.29, 1.82) is 0 Å². The number of fused-ring (bicyclic) bond motifs is 1. The number of hydrogen-bond donors (Lipinski definition) is 2. The minimum absolute atomic E-state index is 0.153. The summed E-state index contributed by atoms with van der Waals surface area (Å²) in [5, 5.41) is 16.7. The summed E-state index contributed by atoms with van der Waals surface area (Å²) in [6.07, 6.45) is 0.993. The minimum Gasteiger partial charge on any atom is -0.483 e. The average molecular weight is 373 g/mol. The molecule has 2 N–H and O–H groups in total. The maximum atomic E-state index is 12.8. The molecule has 2 heterocycles. The van der Waals surface area contributed by atoms with Gasteiger partial charge >= 0.3 is 0 Å². The van der Waals surface area contributed by atoms with Crippen molar-refractivity contribution in [3.8, 4) is 0 Å². The van der Waals surface area contributed by atoms with Crippen LogP contribution >= 0.6 is 0 Å². The van der Waals surface area contributed by atoms with E-state index in [-0.39, 0.29) is 24.4 Å². The van der Waals surface area contributed by atoms with Gasteiger partial charge in [-0.25, -0.2) is 0 Å². The molecular formula is C19H36N2O5. The van der Waals surface area contributed by atoms with E-state index in [1.54, 1.807) is 0 Å². The van der Waals surface area contributed by atoms with Crippen LogP contribution in [0.15, 0.2) is 0 Å². The summed E-state index contributed by atoms with van der Waals surface area (Å²) in [6.45, 7) is 13.7. The molecule has 1 amide bonds. The first kappa shape index (κ1) is 22.9. The Bertz CT molecular complexity index is 434. The number of rotatable bonds is 7. The summed E-state index contributed by atoms with van der Waals surface area (Å²) >= 11 is 0. The Labute approximate surface area is 157 Å². The largest absolute Gasteiger partial charge is 0.483 e. The standard InChI is InChI=1S/C18H34N2O3.CH2O2/c1-14(2)7-20(8-15(3)4)17(22)10-19-9-16-5-6-23-13-18(16,11-19)12-21;2-1-3/h14-16,21H,5-13H2,1-4H3;1H,(H,2,3)/t16-,18+;/m0./s1. The summed E-state index contributed by atoms with van der Waals surface area (Å²) in [5.74, 6) is 1.64. The van der Waals surface area contributed by atoms with Gasteiger partial charge in [0.15, 0.2) is 0 Å². The van der Waals surface area contributed by atoms with Gasteiger partial charge in [0, 0.05) is 38.2 Å². The highest BCUT2D eigenvalue weighted by Crippen LogP contribution is 2.40. The molecule has 0 aromatic heterocycles. The van der Waals surface area contributed by atoms with Crippen molar-refractivity contribution >= 4 is 12.4 Å². The molecule has 0 unspecified atom stereocenters. The lowest BCUT2D eigenvalue weighted by molar-refractivity contribution is -0.133. The Hall–Kier alpha value is -1.18. The van der Waals surface area contributed by atoms with Gasteiger partial charge in [0.25, 0.3) is 6.47 Å². The molecule has 0 aromatic rings. The summed E-state index contributed by atoms with van der Waals surface area (Å²) in [4.78, 5) is 25.4. The number of amides is 1. The fourth-order valence-electron chi connectivity index (χ4n) is 4.00. The number of aliphatic hydroxyl groups is 1. The molecule has 2 aliphatic rings. The van der Waals surface area contributed by atoms with E-state index >= 15 is 0 Å². The van der Waals surface area contributed by atoms with E-state index in [0.29, 0.717) is 30.9 Å². The lowest BCUT2D eigenvalue weighted by atomic mass is 9.76. The number of carbonyl (C=O) groups excluding carboxylic acids is 1. The Morgan fingerprint density at radius 2 is 1.88 bits per heavy atom. The quantitative estimate of drug-likeness (QED) is 0.652. The van der Waals surface area contributed by atoms with Crippen LogP contribution in [0.1, 0.15) is 34.1 Å². The molecule has 0 bridgehead atoms. The number of carbonyl (C=O) groups is 2. The van der Waals surface area contributed by atoms with E-state index < -0.39 is 0 Å². The van der Waals surface area contributed by atoms with Gasteiger partial charge in [-0.3, -0.25) is 14.5 Å². The maximum Gasteiger partial charge on any atom is 0.290 e. The van der Waals surface area contributed by atoms with E-state index in [1.165, 1.54) is 0 Å². The van der Waals surface area contributed by atoms with Crippen LogP contribution in [0.4, 0.5) is 0 Å². The second-order valence-electron chi connectivity index (χ2n) is 8.42. The molecule has 26 heavy (non-hydrogen) atoms. The predicted octanol–water partition coefficient (Wildman–Crippen LogP) is 1.16. The molecular weight excluding hydrogens is 336 g/mol. The van der Waals surface area contributed by atoms with Crippen molar-refractivity contribution in [1.82, 2.24) is 9.80 Å². The van der Waals surface area contributed by atoms with Gasteiger partial charge in [0.2, 0.25) is 5.91 Å². The Morgan fingerprint density at radius 3 is 2.35 bits per heavy atom. The van der Waals surface area contributed by atoms with E-state index in [2.05, 4.69) is 32.6 Å². The lowest BCUT2D eigenvalue weighted by Gasteiger charge is -2.36. The highest BCUT2D eigenvalue weighted by atomic mass is 16.5. The van der Waals surface area contributed by atoms with Crippen molar-refractivity contribution in [3.05, 3.63) is 0 Å². The molecule has 0 spiro atoms. The first-order valence-corrected chi connectivity index (χ1v) is 9.54. The van der Waals surface area contributed by atoms with Gasteiger partial charge in [0.1, 0.15) is 0 Å². The lowest BCUT2D eigenvalue weighted by Crippen LogP contribution is -2.45. The van der Waals surface area contributed by atoms with Crippen LogP contribution in [-0.2, 0) is 14.3 Å². The van der Waals surface area contributed by atoms with E-state index in [4.69, 9.17) is 14.6 Å². The van der Waals surface area contributed by atoms with Crippen LogP contribution in [0.2, 0.25) is 0 Å². The topological polar surface area (TPSA) is 90.3 Å². The summed E-state index contributed by atoms with van der Waals surface area (Å²) in [7, 11) is 0. The van der Waals surface area contributed by atoms with Crippen LogP contribution in [0.3, 0.4) is 0 Å². The van der Waals surface area contributed by atoms with Gasteiger partial charge < -0.3 is 19.8 Å². The molecule has 0 aromatic carbocycles. The van der Waals surface area contributed by atoms with Crippen LogP contribution in [0.25, 0.3) is 0 Å². The van der Waals surface area contributed by atoms with E-state index in [1.807, 2.05) is 4.90 Å². The van der Waals surface area contributed by atoms with Gasteiger partial charge in [-0.2, -0.15) is 0 Å². The number of carboxylic acid groups (broad SMARTS) is 1. The van der Waals surface area contributed by atoms with Crippen LogP contribution < -0.4 is 0 Å². The summed E-state index contributed by atoms with van der Waals surface area (Å²) in [6, 6.07) is 0. The van der Waals surface area contributed by atoms with Crippen molar-refractivity contribution in [3.63, 3.8) is 0 Å². The predicted molar refractivity (Wildman–Crippen MR) is 99.8 cm³/mol. The molecule has 2 fully saturated rings. The fraction of sp³-hybridized carbons (Fsp3) is 0.895. The number of hydrogen-bond acceptors (Lipinski definition) is 5. The van der Waals surface area contributed by atoms with Gasteiger partial charge in [-0.05, 0) is 24.2 Å². The van der Waals surface area contributed by atoms with Crippen LogP contribution in [-0.4, -0.2) is 84.9 Å². The Balaban J connectivity index is 0.00000105. The first-order chi connectivity index (χ1) is 12.3. The first-order valence-electron chi connectivity index (χ1n) is 9.54. The van der Waals surface area contributed by atoms with E-state index in [0.717, 1.165) is 39.2 Å². The van der Waals surface area contributed by atoms with Gasteiger partial charge in [0.05, 0.1) is 19.8 Å². The molecule has 0 saturated carbocycles. The molecule has 2 rings (SSSR count). The molecule has 2 aliphatic heterocycles. The normalized spacial score (nSPS) is 25.6. The number of nitrogens with zero attached hydrogens (tertiary/aromatic N) is 2. The maximum absolute atomic E-state index is 12.8.